The third-order valence-electron chi connectivity index (χ3n) is 4.09. The van der Waals surface area contributed by atoms with Crippen molar-refractivity contribution in [1.82, 2.24) is 10.2 Å². The number of ether oxygens (including phenoxy) is 3. The van der Waals surface area contributed by atoms with Crippen molar-refractivity contribution >= 4 is 0 Å². The van der Waals surface area contributed by atoms with E-state index in [0.717, 1.165) is 65.4 Å². The summed E-state index contributed by atoms with van der Waals surface area (Å²) in [6.45, 7) is 10.1. The molecule has 4 aliphatic rings. The van der Waals surface area contributed by atoms with Gasteiger partial charge in [0.15, 0.2) is 0 Å². The predicted molar refractivity (Wildman–Crippen MR) is 67.2 cm³/mol. The van der Waals surface area contributed by atoms with Crippen molar-refractivity contribution in [1.29, 1.82) is 0 Å². The molecular formula is C13H24N2O3. The molecule has 4 saturated heterocycles. The van der Waals surface area contributed by atoms with Crippen LogP contribution in [0.5, 0.6) is 0 Å². The Morgan fingerprint density at radius 3 is 2.28 bits per heavy atom. The van der Waals surface area contributed by atoms with Crippen molar-refractivity contribution < 1.29 is 14.2 Å². The molecule has 4 heterocycles. The summed E-state index contributed by atoms with van der Waals surface area (Å²) < 4.78 is 17.3. The maximum atomic E-state index is 5.78. The van der Waals surface area contributed by atoms with E-state index < -0.39 is 5.97 Å². The molecule has 0 aromatic heterocycles. The van der Waals surface area contributed by atoms with Gasteiger partial charge in [-0.3, -0.25) is 0 Å². The van der Waals surface area contributed by atoms with Gasteiger partial charge in [0.1, 0.15) is 0 Å². The highest BCUT2D eigenvalue weighted by atomic mass is 16.9. The molecule has 0 aliphatic carbocycles. The Balaban J connectivity index is 1.43. The number of hydrogen-bond acceptors (Lipinski definition) is 5. The molecule has 0 amide bonds. The summed E-state index contributed by atoms with van der Waals surface area (Å²) in [5.41, 5.74) is 0.0697. The molecule has 2 bridgehead atoms. The molecular weight excluding hydrogens is 232 g/mol. The normalized spacial score (nSPS) is 41.2. The van der Waals surface area contributed by atoms with Crippen LogP contribution in [0, 0.1) is 5.41 Å². The molecule has 18 heavy (non-hydrogen) atoms. The fourth-order valence-corrected chi connectivity index (χ4v) is 2.77. The standard InChI is InChI=1S/C13H24N2O3/c1-12-9-16-13(17-10-12,18-11-12)3-2-6-15-7-4-14-5-8-15/h14H,2-11H2,1H3. The smallest absolute Gasteiger partial charge is 0.282 e. The van der Waals surface area contributed by atoms with Gasteiger partial charge in [0.2, 0.25) is 0 Å². The van der Waals surface area contributed by atoms with E-state index in [-0.39, 0.29) is 5.41 Å². The molecule has 0 aromatic rings. The predicted octanol–water partition coefficient (Wildman–Crippen LogP) is 0.409. The highest BCUT2D eigenvalue weighted by molar-refractivity contribution is 4.84. The monoisotopic (exact) mass is 256 g/mol. The SMILES string of the molecule is CC12COC(CCCN3CCNCC3)(OC1)OC2. The topological polar surface area (TPSA) is 43.0 Å². The second kappa shape index (κ2) is 5.06. The molecule has 4 rings (SSSR count). The molecule has 0 spiro atoms. The first-order valence-corrected chi connectivity index (χ1v) is 7.05. The summed E-state index contributed by atoms with van der Waals surface area (Å²) >= 11 is 0. The van der Waals surface area contributed by atoms with E-state index in [4.69, 9.17) is 14.2 Å². The maximum Gasteiger partial charge on any atom is 0.282 e. The molecule has 0 aromatic carbocycles. The molecule has 104 valence electrons. The lowest BCUT2D eigenvalue weighted by Gasteiger charge is -2.50. The minimum Gasteiger partial charge on any atom is -0.327 e. The second-order valence-electron chi connectivity index (χ2n) is 6.05. The Morgan fingerprint density at radius 1 is 1.06 bits per heavy atom. The first kappa shape index (κ1) is 12.8. The van der Waals surface area contributed by atoms with Gasteiger partial charge in [-0.05, 0) is 13.0 Å². The maximum absolute atomic E-state index is 5.78. The Labute approximate surface area is 109 Å². The van der Waals surface area contributed by atoms with Gasteiger partial charge < -0.3 is 24.4 Å². The zero-order chi connectivity index (χ0) is 12.5. The number of fused-ring (bicyclic) bond motifs is 3. The first-order valence-electron chi connectivity index (χ1n) is 7.05. The van der Waals surface area contributed by atoms with Gasteiger partial charge in [-0.25, -0.2) is 0 Å². The van der Waals surface area contributed by atoms with E-state index in [1.54, 1.807) is 0 Å². The molecule has 4 aliphatic heterocycles. The van der Waals surface area contributed by atoms with Crippen molar-refractivity contribution in [2.24, 2.45) is 5.41 Å². The highest BCUT2D eigenvalue weighted by Gasteiger charge is 2.49. The van der Waals surface area contributed by atoms with Gasteiger partial charge in [-0.2, -0.15) is 0 Å². The van der Waals surface area contributed by atoms with Crippen molar-refractivity contribution in [2.45, 2.75) is 25.7 Å². The lowest BCUT2D eigenvalue weighted by Crippen LogP contribution is -2.59. The van der Waals surface area contributed by atoms with Crippen LogP contribution in [0.2, 0.25) is 0 Å². The molecule has 1 N–H and O–H groups in total. The summed E-state index contributed by atoms with van der Waals surface area (Å²) in [4.78, 5) is 2.49. The van der Waals surface area contributed by atoms with Crippen LogP contribution in [0.3, 0.4) is 0 Å². The van der Waals surface area contributed by atoms with Gasteiger partial charge in [0.25, 0.3) is 5.97 Å². The van der Waals surface area contributed by atoms with Gasteiger partial charge >= 0.3 is 0 Å². The van der Waals surface area contributed by atoms with Crippen LogP contribution in [0.4, 0.5) is 0 Å². The highest BCUT2D eigenvalue weighted by Crippen LogP contribution is 2.40. The van der Waals surface area contributed by atoms with Crippen molar-refractivity contribution in [3.8, 4) is 0 Å². The average molecular weight is 256 g/mol. The van der Waals surface area contributed by atoms with E-state index in [9.17, 15) is 0 Å². The van der Waals surface area contributed by atoms with E-state index in [0.29, 0.717) is 0 Å². The zero-order valence-electron chi connectivity index (χ0n) is 11.2. The molecule has 0 unspecified atom stereocenters. The quantitative estimate of drug-likeness (QED) is 0.789. The van der Waals surface area contributed by atoms with Crippen LogP contribution in [0.1, 0.15) is 19.8 Å². The minimum absolute atomic E-state index is 0.0697. The van der Waals surface area contributed by atoms with Crippen LogP contribution >= 0.6 is 0 Å². The van der Waals surface area contributed by atoms with E-state index in [1.807, 2.05) is 0 Å². The number of nitrogens with zero attached hydrogens (tertiary/aromatic N) is 1. The Hall–Kier alpha value is -0.200. The average Bonchev–Trinajstić information content (AvgIpc) is 2.42. The number of hydrogen-bond donors (Lipinski definition) is 1. The molecule has 0 saturated carbocycles. The lowest BCUT2D eigenvalue weighted by molar-refractivity contribution is -0.467. The second-order valence-corrected chi connectivity index (χ2v) is 6.05. The van der Waals surface area contributed by atoms with Crippen molar-refractivity contribution in [3.63, 3.8) is 0 Å². The number of rotatable bonds is 4. The summed E-state index contributed by atoms with van der Waals surface area (Å²) in [7, 11) is 0. The van der Waals surface area contributed by atoms with Gasteiger partial charge in [0.05, 0.1) is 19.8 Å². The minimum atomic E-state index is -0.730. The van der Waals surface area contributed by atoms with Crippen LogP contribution in [-0.4, -0.2) is 63.4 Å². The van der Waals surface area contributed by atoms with Crippen LogP contribution in [0.15, 0.2) is 0 Å². The van der Waals surface area contributed by atoms with E-state index in [2.05, 4.69) is 17.1 Å². The Kier molecular flexibility index (Phi) is 3.60. The summed E-state index contributed by atoms with van der Waals surface area (Å²) in [6.07, 6.45) is 1.91. The van der Waals surface area contributed by atoms with Gasteiger partial charge in [-0.15, -0.1) is 0 Å². The Bertz CT molecular complexity index is 267. The number of piperazine rings is 1. The fraction of sp³-hybridized carbons (Fsp3) is 1.00. The summed E-state index contributed by atoms with van der Waals surface area (Å²) in [5, 5.41) is 3.37. The first-order chi connectivity index (χ1) is 8.70. The van der Waals surface area contributed by atoms with Gasteiger partial charge in [0, 0.05) is 38.0 Å². The fourth-order valence-electron chi connectivity index (χ4n) is 2.77. The van der Waals surface area contributed by atoms with Crippen LogP contribution in [0.25, 0.3) is 0 Å². The number of nitrogens with one attached hydrogen (secondary N) is 1. The molecule has 0 radical (unpaired) electrons. The van der Waals surface area contributed by atoms with E-state index >= 15 is 0 Å². The third kappa shape index (κ3) is 2.70. The summed E-state index contributed by atoms with van der Waals surface area (Å²) in [5.74, 6) is -0.730. The van der Waals surface area contributed by atoms with E-state index in [1.165, 1.54) is 0 Å². The molecule has 5 nitrogen and oxygen atoms in total. The largest absolute Gasteiger partial charge is 0.327 e. The molecule has 0 atom stereocenters. The molecule has 4 fully saturated rings. The third-order valence-corrected chi connectivity index (χ3v) is 4.09. The zero-order valence-corrected chi connectivity index (χ0v) is 11.2. The van der Waals surface area contributed by atoms with Crippen molar-refractivity contribution in [2.75, 3.05) is 52.5 Å². The Morgan fingerprint density at radius 2 is 1.67 bits per heavy atom. The lowest BCUT2D eigenvalue weighted by atomic mass is 9.91. The van der Waals surface area contributed by atoms with Crippen LogP contribution < -0.4 is 5.32 Å². The molecule has 5 heteroatoms. The summed E-state index contributed by atoms with van der Waals surface area (Å²) in [6, 6.07) is 0. The van der Waals surface area contributed by atoms with Crippen LogP contribution in [-0.2, 0) is 14.2 Å². The van der Waals surface area contributed by atoms with Gasteiger partial charge in [-0.1, -0.05) is 6.92 Å². The van der Waals surface area contributed by atoms with Crippen molar-refractivity contribution in [3.05, 3.63) is 0 Å².